The lowest BCUT2D eigenvalue weighted by Gasteiger charge is -2.32. The van der Waals surface area contributed by atoms with Crippen molar-refractivity contribution in [3.05, 3.63) is 35.6 Å². The summed E-state index contributed by atoms with van der Waals surface area (Å²) < 4.78 is 13.0. The van der Waals surface area contributed by atoms with Crippen LogP contribution in [0.25, 0.3) is 0 Å². The number of likely N-dealkylation sites (tertiary alicyclic amines) is 1. The molecule has 0 N–H and O–H groups in total. The molecule has 2 saturated heterocycles. The summed E-state index contributed by atoms with van der Waals surface area (Å²) in [4.78, 5) is 19.1. The Kier molecular flexibility index (Phi) is 5.28. The molecule has 0 aromatic heterocycles. The van der Waals surface area contributed by atoms with Crippen LogP contribution < -0.4 is 0 Å². The summed E-state index contributed by atoms with van der Waals surface area (Å²) in [6, 6.07) is 6.71. The van der Waals surface area contributed by atoms with Gasteiger partial charge in [0.05, 0.1) is 0 Å². The quantitative estimate of drug-likeness (QED) is 0.846. The van der Waals surface area contributed by atoms with E-state index in [2.05, 4.69) is 16.8 Å². The standard InChI is InChI=1S/C18H26FN3O/c1-20-10-12-21(13-11-20)8-7-18(23)22-9-6-16(14-22)15-2-4-17(19)5-3-15/h2-5,16H,6-14H2,1H3/t16-/m0/s1. The molecule has 0 aliphatic carbocycles. The van der Waals surface area contributed by atoms with Crippen LogP contribution in [-0.4, -0.2) is 73.5 Å². The summed E-state index contributed by atoms with van der Waals surface area (Å²) in [5, 5.41) is 0. The Bertz CT molecular complexity index is 526. The zero-order chi connectivity index (χ0) is 16.2. The Labute approximate surface area is 137 Å². The number of halogens is 1. The SMILES string of the molecule is CN1CCN(CCC(=O)N2CC[C@H](c3ccc(F)cc3)C2)CC1. The van der Waals surface area contributed by atoms with E-state index in [0.717, 1.165) is 57.8 Å². The molecule has 126 valence electrons. The van der Waals surface area contributed by atoms with Gasteiger partial charge in [0, 0.05) is 58.2 Å². The van der Waals surface area contributed by atoms with E-state index in [1.165, 1.54) is 12.1 Å². The molecule has 1 aromatic carbocycles. The first-order valence-electron chi connectivity index (χ1n) is 8.56. The summed E-state index contributed by atoms with van der Waals surface area (Å²) in [7, 11) is 2.14. The maximum atomic E-state index is 13.0. The number of carbonyl (C=O) groups is 1. The zero-order valence-electron chi connectivity index (χ0n) is 13.9. The molecule has 23 heavy (non-hydrogen) atoms. The van der Waals surface area contributed by atoms with Gasteiger partial charge in [-0.25, -0.2) is 4.39 Å². The van der Waals surface area contributed by atoms with Crippen molar-refractivity contribution in [3.8, 4) is 0 Å². The summed E-state index contributed by atoms with van der Waals surface area (Å²) in [5.41, 5.74) is 1.14. The van der Waals surface area contributed by atoms with Gasteiger partial charge in [-0.3, -0.25) is 4.79 Å². The Morgan fingerprint density at radius 3 is 2.52 bits per heavy atom. The number of hydrogen-bond acceptors (Lipinski definition) is 3. The molecule has 0 radical (unpaired) electrons. The number of amides is 1. The lowest BCUT2D eigenvalue weighted by Crippen LogP contribution is -2.45. The fourth-order valence-electron chi connectivity index (χ4n) is 3.48. The minimum atomic E-state index is -0.202. The largest absolute Gasteiger partial charge is 0.342 e. The number of benzene rings is 1. The molecule has 2 aliphatic heterocycles. The van der Waals surface area contributed by atoms with E-state index in [1.807, 2.05) is 17.0 Å². The first-order chi connectivity index (χ1) is 11.1. The molecule has 2 aliphatic rings. The van der Waals surface area contributed by atoms with Crippen LogP contribution in [0.15, 0.2) is 24.3 Å². The average Bonchev–Trinajstić information content (AvgIpc) is 3.05. The maximum absolute atomic E-state index is 13.0. The van der Waals surface area contributed by atoms with Gasteiger partial charge in [-0.05, 0) is 31.2 Å². The summed E-state index contributed by atoms with van der Waals surface area (Å²) in [6.07, 6.45) is 1.59. The molecule has 0 saturated carbocycles. The van der Waals surface area contributed by atoms with Crippen molar-refractivity contribution < 1.29 is 9.18 Å². The van der Waals surface area contributed by atoms with Gasteiger partial charge < -0.3 is 14.7 Å². The third-order valence-corrected chi connectivity index (χ3v) is 5.12. The number of likely N-dealkylation sites (N-methyl/N-ethyl adjacent to an activating group) is 1. The molecule has 0 bridgehead atoms. The van der Waals surface area contributed by atoms with E-state index in [4.69, 9.17) is 0 Å². The number of nitrogens with zero attached hydrogens (tertiary/aromatic N) is 3. The third kappa shape index (κ3) is 4.30. The van der Waals surface area contributed by atoms with Crippen molar-refractivity contribution in [3.63, 3.8) is 0 Å². The average molecular weight is 319 g/mol. The summed E-state index contributed by atoms with van der Waals surface area (Å²) >= 11 is 0. The minimum absolute atomic E-state index is 0.202. The number of piperazine rings is 1. The van der Waals surface area contributed by atoms with Crippen LogP contribution in [-0.2, 0) is 4.79 Å². The smallest absolute Gasteiger partial charge is 0.223 e. The predicted octanol–water partition coefficient (Wildman–Crippen LogP) is 1.78. The van der Waals surface area contributed by atoms with E-state index < -0.39 is 0 Å². The second-order valence-corrected chi connectivity index (χ2v) is 6.77. The van der Waals surface area contributed by atoms with E-state index in [-0.39, 0.29) is 11.7 Å². The Morgan fingerprint density at radius 1 is 1.13 bits per heavy atom. The van der Waals surface area contributed by atoms with Gasteiger partial charge in [-0.2, -0.15) is 0 Å². The van der Waals surface area contributed by atoms with Crippen molar-refractivity contribution >= 4 is 5.91 Å². The fourth-order valence-corrected chi connectivity index (χ4v) is 3.48. The van der Waals surface area contributed by atoms with Gasteiger partial charge in [0.1, 0.15) is 5.82 Å². The van der Waals surface area contributed by atoms with Crippen LogP contribution in [0.1, 0.15) is 24.3 Å². The second kappa shape index (κ2) is 7.41. The first-order valence-corrected chi connectivity index (χ1v) is 8.56. The van der Waals surface area contributed by atoms with Crippen molar-refractivity contribution in [2.75, 3.05) is 52.9 Å². The van der Waals surface area contributed by atoms with Gasteiger partial charge in [-0.15, -0.1) is 0 Å². The van der Waals surface area contributed by atoms with Gasteiger partial charge in [0.15, 0.2) is 0 Å². The van der Waals surface area contributed by atoms with Crippen molar-refractivity contribution in [2.45, 2.75) is 18.8 Å². The molecule has 5 heteroatoms. The highest BCUT2D eigenvalue weighted by atomic mass is 19.1. The molecule has 2 fully saturated rings. The molecular formula is C18H26FN3O. The van der Waals surface area contributed by atoms with Crippen LogP contribution in [0, 0.1) is 5.82 Å². The second-order valence-electron chi connectivity index (χ2n) is 6.77. The molecule has 2 heterocycles. The Morgan fingerprint density at radius 2 is 1.83 bits per heavy atom. The molecule has 1 atom stereocenters. The first kappa shape index (κ1) is 16.4. The molecule has 4 nitrogen and oxygen atoms in total. The molecule has 1 aromatic rings. The van der Waals surface area contributed by atoms with E-state index in [9.17, 15) is 9.18 Å². The molecule has 3 rings (SSSR count). The van der Waals surface area contributed by atoms with E-state index in [1.54, 1.807) is 0 Å². The highest BCUT2D eigenvalue weighted by Gasteiger charge is 2.27. The normalized spacial score (nSPS) is 23.4. The molecular weight excluding hydrogens is 293 g/mol. The Balaban J connectivity index is 1.45. The topological polar surface area (TPSA) is 26.8 Å². The van der Waals surface area contributed by atoms with Crippen molar-refractivity contribution in [1.82, 2.24) is 14.7 Å². The van der Waals surface area contributed by atoms with Gasteiger partial charge in [-0.1, -0.05) is 12.1 Å². The number of rotatable bonds is 4. The highest BCUT2D eigenvalue weighted by Crippen LogP contribution is 2.27. The summed E-state index contributed by atoms with van der Waals surface area (Å²) in [5.74, 6) is 0.406. The van der Waals surface area contributed by atoms with Crippen LogP contribution >= 0.6 is 0 Å². The fraction of sp³-hybridized carbons (Fsp3) is 0.611. The molecule has 1 amide bonds. The van der Waals surface area contributed by atoms with Crippen LogP contribution in [0.3, 0.4) is 0 Å². The molecule has 0 unspecified atom stereocenters. The lowest BCUT2D eigenvalue weighted by molar-refractivity contribution is -0.130. The van der Waals surface area contributed by atoms with Crippen LogP contribution in [0.4, 0.5) is 4.39 Å². The monoisotopic (exact) mass is 319 g/mol. The predicted molar refractivity (Wildman–Crippen MR) is 88.9 cm³/mol. The Hall–Kier alpha value is -1.46. The lowest BCUT2D eigenvalue weighted by atomic mass is 9.99. The van der Waals surface area contributed by atoms with E-state index in [0.29, 0.717) is 12.3 Å². The molecule has 0 spiro atoms. The van der Waals surface area contributed by atoms with Crippen LogP contribution in [0.2, 0.25) is 0 Å². The third-order valence-electron chi connectivity index (χ3n) is 5.12. The van der Waals surface area contributed by atoms with E-state index >= 15 is 0 Å². The van der Waals surface area contributed by atoms with Crippen LogP contribution in [0.5, 0.6) is 0 Å². The van der Waals surface area contributed by atoms with Gasteiger partial charge in [0.25, 0.3) is 0 Å². The number of hydrogen-bond donors (Lipinski definition) is 0. The van der Waals surface area contributed by atoms with Crippen molar-refractivity contribution in [1.29, 1.82) is 0 Å². The highest BCUT2D eigenvalue weighted by molar-refractivity contribution is 5.76. The maximum Gasteiger partial charge on any atom is 0.223 e. The van der Waals surface area contributed by atoms with Gasteiger partial charge in [0.2, 0.25) is 5.91 Å². The minimum Gasteiger partial charge on any atom is -0.342 e. The zero-order valence-corrected chi connectivity index (χ0v) is 13.9. The van der Waals surface area contributed by atoms with Crippen molar-refractivity contribution in [2.24, 2.45) is 0 Å². The summed E-state index contributed by atoms with van der Waals surface area (Å²) in [6.45, 7) is 6.75. The van der Waals surface area contributed by atoms with Gasteiger partial charge >= 0.3 is 0 Å². The number of carbonyl (C=O) groups excluding carboxylic acids is 1.